The minimum atomic E-state index is 0.0528. The van der Waals surface area contributed by atoms with E-state index < -0.39 is 0 Å². The summed E-state index contributed by atoms with van der Waals surface area (Å²) in [5, 5.41) is 5.18. The zero-order valence-electron chi connectivity index (χ0n) is 13.3. The van der Waals surface area contributed by atoms with Crippen molar-refractivity contribution in [3.63, 3.8) is 0 Å². The second kappa shape index (κ2) is 6.66. The van der Waals surface area contributed by atoms with Crippen LogP contribution in [0.25, 0.3) is 0 Å². The van der Waals surface area contributed by atoms with Crippen molar-refractivity contribution in [1.29, 1.82) is 0 Å². The van der Waals surface area contributed by atoms with Crippen LogP contribution in [0.15, 0.2) is 29.6 Å². The smallest absolute Gasteiger partial charge is 0.262 e. The molecule has 1 aliphatic rings. The fraction of sp³-hybridized carbons (Fsp3) is 0.421. The molecule has 0 radical (unpaired) electrons. The van der Waals surface area contributed by atoms with Gasteiger partial charge in [0, 0.05) is 0 Å². The number of carbonyl (C=O) groups is 1. The largest absolute Gasteiger partial charge is 0.345 e. The highest BCUT2D eigenvalue weighted by atomic mass is 32.1. The van der Waals surface area contributed by atoms with E-state index in [1.54, 1.807) is 0 Å². The van der Waals surface area contributed by atoms with Crippen LogP contribution in [0, 0.1) is 6.92 Å². The molecule has 116 valence electrons. The van der Waals surface area contributed by atoms with Gasteiger partial charge in [-0.3, -0.25) is 4.79 Å². The molecule has 3 heteroatoms. The second-order valence-electron chi connectivity index (χ2n) is 6.10. The highest BCUT2D eigenvalue weighted by Gasteiger charge is 2.18. The van der Waals surface area contributed by atoms with E-state index in [0.717, 1.165) is 16.9 Å². The summed E-state index contributed by atoms with van der Waals surface area (Å²) in [4.78, 5) is 13.3. The van der Waals surface area contributed by atoms with Crippen molar-refractivity contribution in [2.45, 2.75) is 52.0 Å². The van der Waals surface area contributed by atoms with Crippen molar-refractivity contribution in [1.82, 2.24) is 5.32 Å². The van der Waals surface area contributed by atoms with Gasteiger partial charge in [-0.1, -0.05) is 25.1 Å². The Morgan fingerprint density at radius 2 is 2.00 bits per heavy atom. The van der Waals surface area contributed by atoms with Gasteiger partial charge in [-0.15, -0.1) is 11.3 Å². The van der Waals surface area contributed by atoms with Crippen LogP contribution < -0.4 is 5.32 Å². The number of aryl methyl sites for hydroxylation is 3. The second-order valence-corrected chi connectivity index (χ2v) is 7.02. The molecule has 2 aromatic rings. The summed E-state index contributed by atoms with van der Waals surface area (Å²) in [6, 6.07) is 8.86. The van der Waals surface area contributed by atoms with Gasteiger partial charge < -0.3 is 5.32 Å². The number of thiophene rings is 1. The molecule has 0 spiro atoms. The van der Waals surface area contributed by atoms with Crippen LogP contribution in [0.1, 0.15) is 64.2 Å². The third-order valence-corrected chi connectivity index (χ3v) is 5.57. The summed E-state index contributed by atoms with van der Waals surface area (Å²) in [7, 11) is 0. The average Bonchev–Trinajstić information content (AvgIpc) is 2.98. The Balaban J connectivity index is 1.79. The van der Waals surface area contributed by atoms with Crippen LogP contribution in [-0.4, -0.2) is 5.91 Å². The van der Waals surface area contributed by atoms with Crippen molar-refractivity contribution in [2.24, 2.45) is 0 Å². The van der Waals surface area contributed by atoms with Gasteiger partial charge in [0.15, 0.2) is 0 Å². The lowest BCUT2D eigenvalue weighted by Gasteiger charge is -2.21. The number of rotatable bonds is 4. The van der Waals surface area contributed by atoms with Crippen LogP contribution in [0.2, 0.25) is 0 Å². The Morgan fingerprint density at radius 3 is 2.68 bits per heavy atom. The summed E-state index contributed by atoms with van der Waals surface area (Å²) in [5.41, 5.74) is 5.27. The van der Waals surface area contributed by atoms with Gasteiger partial charge in [0.1, 0.15) is 0 Å². The first-order valence-electron chi connectivity index (χ1n) is 8.15. The minimum Gasteiger partial charge on any atom is -0.345 e. The molecule has 1 unspecified atom stereocenters. The fourth-order valence-electron chi connectivity index (χ4n) is 3.22. The third-order valence-electron chi connectivity index (χ3n) is 4.56. The summed E-state index contributed by atoms with van der Waals surface area (Å²) in [6.45, 7) is 4.12. The molecule has 1 atom stereocenters. The van der Waals surface area contributed by atoms with E-state index in [9.17, 15) is 4.79 Å². The number of fused-ring (bicyclic) bond motifs is 1. The minimum absolute atomic E-state index is 0.0528. The zero-order valence-corrected chi connectivity index (χ0v) is 14.1. The van der Waals surface area contributed by atoms with Crippen LogP contribution in [-0.2, 0) is 12.8 Å². The Labute approximate surface area is 136 Å². The van der Waals surface area contributed by atoms with Gasteiger partial charge in [-0.2, -0.15) is 0 Å². The molecule has 1 aliphatic carbocycles. The van der Waals surface area contributed by atoms with Crippen molar-refractivity contribution >= 4 is 17.2 Å². The van der Waals surface area contributed by atoms with Crippen molar-refractivity contribution in [2.75, 3.05) is 0 Å². The fourth-order valence-corrected chi connectivity index (χ4v) is 4.05. The molecular weight excluding hydrogens is 290 g/mol. The number of hydrogen-bond donors (Lipinski definition) is 1. The molecule has 1 aromatic heterocycles. The average molecular weight is 313 g/mol. The quantitative estimate of drug-likeness (QED) is 0.861. The van der Waals surface area contributed by atoms with Gasteiger partial charge in [-0.05, 0) is 72.7 Å². The van der Waals surface area contributed by atoms with Gasteiger partial charge >= 0.3 is 0 Å². The normalized spacial score (nSPS) is 15.2. The Morgan fingerprint density at radius 1 is 1.23 bits per heavy atom. The van der Waals surface area contributed by atoms with Gasteiger partial charge in [0.05, 0.1) is 10.9 Å². The molecule has 1 N–H and O–H groups in total. The predicted molar refractivity (Wildman–Crippen MR) is 92.6 cm³/mol. The van der Waals surface area contributed by atoms with E-state index in [0.29, 0.717) is 0 Å². The van der Waals surface area contributed by atoms with Crippen molar-refractivity contribution < 1.29 is 4.79 Å². The molecule has 2 nitrogen and oxygen atoms in total. The van der Waals surface area contributed by atoms with E-state index in [4.69, 9.17) is 0 Å². The van der Waals surface area contributed by atoms with Crippen LogP contribution >= 0.6 is 11.3 Å². The first-order valence-corrected chi connectivity index (χ1v) is 9.03. The third kappa shape index (κ3) is 3.09. The highest BCUT2D eigenvalue weighted by molar-refractivity contribution is 7.12. The standard InChI is InChI=1S/C19H23NOS/c1-3-17(20-19(21)18-13(2)10-11-22-18)16-9-8-14-6-4-5-7-15(14)12-16/h8-12,17H,3-7H2,1-2H3,(H,20,21). The van der Waals surface area contributed by atoms with E-state index in [2.05, 4.69) is 30.4 Å². The Hall–Kier alpha value is -1.61. The number of carbonyl (C=O) groups excluding carboxylic acids is 1. The summed E-state index contributed by atoms with van der Waals surface area (Å²) < 4.78 is 0. The first-order chi connectivity index (χ1) is 10.7. The molecule has 0 aliphatic heterocycles. The predicted octanol–water partition coefficient (Wildman–Crippen LogP) is 4.82. The number of benzene rings is 1. The van der Waals surface area contributed by atoms with E-state index >= 15 is 0 Å². The molecule has 0 fully saturated rings. The van der Waals surface area contributed by atoms with E-state index in [1.807, 2.05) is 18.4 Å². The Bertz CT molecular complexity index is 674. The molecule has 1 heterocycles. The Kier molecular flexibility index (Phi) is 4.63. The molecule has 3 rings (SSSR count). The molecule has 1 amide bonds. The van der Waals surface area contributed by atoms with Gasteiger partial charge in [0.25, 0.3) is 5.91 Å². The molecule has 22 heavy (non-hydrogen) atoms. The number of hydrogen-bond acceptors (Lipinski definition) is 2. The van der Waals surface area contributed by atoms with Crippen LogP contribution in [0.4, 0.5) is 0 Å². The van der Waals surface area contributed by atoms with Crippen molar-refractivity contribution in [3.05, 3.63) is 56.8 Å². The summed E-state index contributed by atoms with van der Waals surface area (Å²) >= 11 is 1.52. The molecule has 0 bridgehead atoms. The lowest BCUT2D eigenvalue weighted by molar-refractivity contribution is 0.0939. The van der Waals surface area contributed by atoms with E-state index in [-0.39, 0.29) is 11.9 Å². The maximum Gasteiger partial charge on any atom is 0.262 e. The first kappa shape index (κ1) is 15.3. The SMILES string of the molecule is CCC(NC(=O)c1sccc1C)c1ccc2c(c1)CCCC2. The summed E-state index contributed by atoms with van der Waals surface area (Å²) in [6.07, 6.45) is 5.88. The topological polar surface area (TPSA) is 29.1 Å². The van der Waals surface area contributed by atoms with Crippen LogP contribution in [0.3, 0.4) is 0 Å². The zero-order chi connectivity index (χ0) is 15.5. The van der Waals surface area contributed by atoms with Gasteiger partial charge in [-0.25, -0.2) is 0 Å². The van der Waals surface area contributed by atoms with E-state index in [1.165, 1.54) is 53.7 Å². The highest BCUT2D eigenvalue weighted by Crippen LogP contribution is 2.26. The number of amides is 1. The summed E-state index contributed by atoms with van der Waals surface area (Å²) in [5.74, 6) is 0.0528. The molecule has 0 saturated heterocycles. The molecule has 0 saturated carbocycles. The van der Waals surface area contributed by atoms with Crippen LogP contribution in [0.5, 0.6) is 0 Å². The number of nitrogens with one attached hydrogen (secondary N) is 1. The monoisotopic (exact) mass is 313 g/mol. The van der Waals surface area contributed by atoms with Crippen molar-refractivity contribution in [3.8, 4) is 0 Å². The molecule has 1 aromatic carbocycles. The van der Waals surface area contributed by atoms with Gasteiger partial charge in [0.2, 0.25) is 0 Å². The lowest BCUT2D eigenvalue weighted by Crippen LogP contribution is -2.28. The maximum atomic E-state index is 12.5. The lowest BCUT2D eigenvalue weighted by atomic mass is 9.89. The molecular formula is C19H23NOS. The maximum absolute atomic E-state index is 12.5.